The van der Waals surface area contributed by atoms with Crippen LogP contribution in [-0.2, 0) is 19.0 Å². The number of nitrogens with zero attached hydrogens (tertiary/aromatic N) is 4. The van der Waals surface area contributed by atoms with E-state index in [9.17, 15) is 4.79 Å². The average molecular weight is 373 g/mol. The van der Waals surface area contributed by atoms with Crippen LogP contribution in [0.25, 0.3) is 11.2 Å². The van der Waals surface area contributed by atoms with E-state index in [1.165, 1.54) is 19.2 Å². The average Bonchev–Trinajstić information content (AvgIpc) is 3.38. The standard InChI is InChI=1S/C18H23N5O4/c1-18(2)26-13-11(7-24)25-17(14(13)27-18)23-9-21-12-15(19-8-20-16(12)23)22-10-5-3-4-6-10/h7-11,13-14,17H,3-6H2,1-2H3,(H,19,20,22). The maximum absolute atomic E-state index is 11.5. The largest absolute Gasteiger partial charge is 0.365 e. The van der Waals surface area contributed by atoms with Gasteiger partial charge in [-0.25, -0.2) is 15.0 Å². The van der Waals surface area contributed by atoms with Gasteiger partial charge in [0.15, 0.2) is 35.3 Å². The number of anilines is 1. The number of rotatable bonds is 4. The number of carbonyl (C=O) groups excluding carboxylic acids is 1. The van der Waals surface area contributed by atoms with Gasteiger partial charge in [-0.05, 0) is 26.7 Å². The van der Waals surface area contributed by atoms with E-state index in [1.54, 1.807) is 6.33 Å². The summed E-state index contributed by atoms with van der Waals surface area (Å²) in [7, 11) is 0. The Morgan fingerprint density at radius 2 is 1.96 bits per heavy atom. The molecule has 4 heterocycles. The minimum absolute atomic E-state index is 0.409. The number of nitrogens with one attached hydrogen (secondary N) is 1. The molecule has 0 amide bonds. The molecule has 0 spiro atoms. The summed E-state index contributed by atoms with van der Waals surface area (Å²) in [6, 6.07) is 0.423. The van der Waals surface area contributed by atoms with Crippen molar-refractivity contribution in [3.05, 3.63) is 12.7 Å². The van der Waals surface area contributed by atoms with E-state index in [0.29, 0.717) is 17.2 Å². The van der Waals surface area contributed by atoms with Crippen molar-refractivity contribution in [1.29, 1.82) is 0 Å². The van der Waals surface area contributed by atoms with Crippen LogP contribution in [0.2, 0.25) is 0 Å². The molecule has 3 aliphatic rings. The van der Waals surface area contributed by atoms with Gasteiger partial charge in [0.1, 0.15) is 24.6 Å². The molecule has 0 bridgehead atoms. The zero-order valence-corrected chi connectivity index (χ0v) is 15.4. The summed E-state index contributed by atoms with van der Waals surface area (Å²) < 4.78 is 19.6. The molecule has 5 rings (SSSR count). The Morgan fingerprint density at radius 3 is 2.74 bits per heavy atom. The highest BCUT2D eigenvalue weighted by molar-refractivity contribution is 5.82. The smallest absolute Gasteiger partial charge is 0.167 e. The summed E-state index contributed by atoms with van der Waals surface area (Å²) in [6.45, 7) is 3.67. The van der Waals surface area contributed by atoms with Gasteiger partial charge in [-0.3, -0.25) is 4.57 Å². The van der Waals surface area contributed by atoms with E-state index in [4.69, 9.17) is 14.2 Å². The monoisotopic (exact) mass is 373 g/mol. The van der Waals surface area contributed by atoms with E-state index < -0.39 is 30.3 Å². The Balaban J connectivity index is 1.49. The zero-order valence-electron chi connectivity index (χ0n) is 15.4. The van der Waals surface area contributed by atoms with Gasteiger partial charge in [0.05, 0.1) is 6.33 Å². The zero-order chi connectivity index (χ0) is 18.6. The maximum Gasteiger partial charge on any atom is 0.167 e. The molecule has 9 heteroatoms. The number of imidazole rings is 1. The Hall–Kier alpha value is -2.10. The van der Waals surface area contributed by atoms with Crippen molar-refractivity contribution < 1.29 is 19.0 Å². The van der Waals surface area contributed by atoms with E-state index in [2.05, 4.69) is 20.3 Å². The van der Waals surface area contributed by atoms with Crippen molar-refractivity contribution in [2.75, 3.05) is 5.32 Å². The van der Waals surface area contributed by atoms with Crippen LogP contribution < -0.4 is 5.32 Å². The highest BCUT2D eigenvalue weighted by atomic mass is 16.8. The fourth-order valence-corrected chi connectivity index (χ4v) is 4.35. The van der Waals surface area contributed by atoms with Crippen LogP contribution in [-0.4, -0.2) is 55.9 Å². The molecule has 4 atom stereocenters. The molecular formula is C18H23N5O4. The molecule has 1 aliphatic carbocycles. The SMILES string of the molecule is CC1(C)OC2C(C=O)OC(n3cnc4c(NC5CCCC5)ncnc43)C2O1. The van der Waals surface area contributed by atoms with Crippen molar-refractivity contribution >= 4 is 23.3 Å². The van der Waals surface area contributed by atoms with Crippen molar-refractivity contribution in [2.24, 2.45) is 0 Å². The normalized spacial score (nSPS) is 32.8. The molecule has 0 radical (unpaired) electrons. The Morgan fingerprint density at radius 1 is 1.19 bits per heavy atom. The third-order valence-electron chi connectivity index (χ3n) is 5.53. The molecule has 2 aliphatic heterocycles. The summed E-state index contributed by atoms with van der Waals surface area (Å²) in [6.07, 6.45) is 6.64. The van der Waals surface area contributed by atoms with Gasteiger partial charge in [-0.15, -0.1) is 0 Å². The number of ether oxygens (including phenoxy) is 3. The Bertz CT molecular complexity index is 863. The predicted molar refractivity (Wildman–Crippen MR) is 95.0 cm³/mol. The molecule has 2 aromatic heterocycles. The van der Waals surface area contributed by atoms with Gasteiger partial charge >= 0.3 is 0 Å². The molecule has 0 aromatic carbocycles. The number of fused-ring (bicyclic) bond motifs is 2. The summed E-state index contributed by atoms with van der Waals surface area (Å²) in [5.41, 5.74) is 1.34. The summed E-state index contributed by atoms with van der Waals surface area (Å²) in [5.74, 6) is -0.0322. The van der Waals surface area contributed by atoms with Crippen molar-refractivity contribution in [3.63, 3.8) is 0 Å². The molecule has 3 fully saturated rings. The Kier molecular flexibility index (Phi) is 3.92. The topological polar surface area (TPSA) is 100 Å². The number of carbonyl (C=O) groups is 1. The first-order valence-corrected chi connectivity index (χ1v) is 9.46. The van der Waals surface area contributed by atoms with Crippen LogP contribution in [0.1, 0.15) is 45.8 Å². The van der Waals surface area contributed by atoms with Crippen LogP contribution >= 0.6 is 0 Å². The molecular weight excluding hydrogens is 350 g/mol. The van der Waals surface area contributed by atoms with E-state index >= 15 is 0 Å². The lowest BCUT2D eigenvalue weighted by Crippen LogP contribution is -2.30. The van der Waals surface area contributed by atoms with Gasteiger partial charge in [-0.1, -0.05) is 12.8 Å². The number of hydrogen-bond donors (Lipinski definition) is 1. The third-order valence-corrected chi connectivity index (χ3v) is 5.53. The molecule has 9 nitrogen and oxygen atoms in total. The lowest BCUT2D eigenvalue weighted by molar-refractivity contribution is -0.194. The van der Waals surface area contributed by atoms with Crippen molar-refractivity contribution in [1.82, 2.24) is 19.5 Å². The second kappa shape index (κ2) is 6.22. The van der Waals surface area contributed by atoms with E-state index in [0.717, 1.165) is 24.9 Å². The van der Waals surface area contributed by atoms with Crippen LogP contribution in [0, 0.1) is 0 Å². The molecule has 2 aromatic rings. The first-order valence-electron chi connectivity index (χ1n) is 9.46. The fraction of sp³-hybridized carbons (Fsp3) is 0.667. The number of aromatic nitrogens is 4. The maximum atomic E-state index is 11.5. The quantitative estimate of drug-likeness (QED) is 0.810. The second-order valence-electron chi connectivity index (χ2n) is 7.86. The molecule has 144 valence electrons. The van der Waals surface area contributed by atoms with Crippen LogP contribution in [0.5, 0.6) is 0 Å². The number of hydrogen-bond acceptors (Lipinski definition) is 8. The highest BCUT2D eigenvalue weighted by Crippen LogP contribution is 2.43. The first kappa shape index (κ1) is 17.0. The predicted octanol–water partition coefficient (Wildman–Crippen LogP) is 1.80. The van der Waals surface area contributed by atoms with Crippen LogP contribution in [0.3, 0.4) is 0 Å². The lowest BCUT2D eigenvalue weighted by atomic mass is 10.1. The van der Waals surface area contributed by atoms with Gasteiger partial charge in [0.25, 0.3) is 0 Å². The molecule has 27 heavy (non-hydrogen) atoms. The third kappa shape index (κ3) is 2.81. The van der Waals surface area contributed by atoms with Gasteiger partial charge < -0.3 is 24.3 Å². The van der Waals surface area contributed by atoms with Crippen molar-refractivity contribution in [3.8, 4) is 0 Å². The highest BCUT2D eigenvalue weighted by Gasteiger charge is 2.56. The number of aldehydes is 1. The van der Waals surface area contributed by atoms with Gasteiger partial charge in [0, 0.05) is 6.04 Å². The van der Waals surface area contributed by atoms with E-state index in [-0.39, 0.29) is 0 Å². The minimum Gasteiger partial charge on any atom is -0.365 e. The fourth-order valence-electron chi connectivity index (χ4n) is 4.35. The summed E-state index contributed by atoms with van der Waals surface area (Å²) >= 11 is 0. The molecule has 4 unspecified atom stereocenters. The van der Waals surface area contributed by atoms with Gasteiger partial charge in [-0.2, -0.15) is 0 Å². The first-order chi connectivity index (χ1) is 13.1. The lowest BCUT2D eigenvalue weighted by Gasteiger charge is -2.23. The molecule has 1 saturated carbocycles. The van der Waals surface area contributed by atoms with E-state index in [1.807, 2.05) is 18.4 Å². The second-order valence-corrected chi connectivity index (χ2v) is 7.86. The molecule has 1 N–H and O–H groups in total. The van der Waals surface area contributed by atoms with Gasteiger partial charge in [0.2, 0.25) is 0 Å². The van der Waals surface area contributed by atoms with Crippen LogP contribution in [0.15, 0.2) is 12.7 Å². The van der Waals surface area contributed by atoms with Crippen molar-refractivity contribution in [2.45, 2.75) is 75.9 Å². The summed E-state index contributed by atoms with van der Waals surface area (Å²) in [4.78, 5) is 24.8. The summed E-state index contributed by atoms with van der Waals surface area (Å²) in [5, 5.41) is 3.49. The van der Waals surface area contributed by atoms with Crippen LogP contribution in [0.4, 0.5) is 5.82 Å². The minimum atomic E-state index is -0.765. The molecule has 2 saturated heterocycles. The Labute approximate surface area is 156 Å².